The van der Waals surface area contributed by atoms with Gasteiger partial charge in [0.15, 0.2) is 5.71 Å². The van der Waals surface area contributed by atoms with Crippen LogP contribution in [0.25, 0.3) is 0 Å². The molecule has 0 spiro atoms. The van der Waals surface area contributed by atoms with Crippen molar-refractivity contribution in [3.8, 4) is 0 Å². The largest absolute Gasteiger partial charge is 1.00 e. The minimum absolute atomic E-state index is 0. The summed E-state index contributed by atoms with van der Waals surface area (Å²) in [6.45, 7) is 10.4. The fourth-order valence-electron chi connectivity index (χ4n) is 3.11. The molecule has 1 aromatic carbocycles. The fourth-order valence-corrected chi connectivity index (χ4v) is 3.11. The summed E-state index contributed by atoms with van der Waals surface area (Å²) in [5.74, 6) is 0. The first-order valence-corrected chi connectivity index (χ1v) is 7.80. The van der Waals surface area contributed by atoms with Gasteiger partial charge in [-0.1, -0.05) is 44.4 Å². The van der Waals surface area contributed by atoms with E-state index in [1.807, 2.05) is 0 Å². The van der Waals surface area contributed by atoms with Gasteiger partial charge in [-0.05, 0) is 20.3 Å². The van der Waals surface area contributed by atoms with Gasteiger partial charge in [-0.25, -0.2) is 0 Å². The summed E-state index contributed by atoms with van der Waals surface area (Å²) in [6, 6.07) is 8.89. The Kier molecular flexibility index (Phi) is 6.44. The lowest BCUT2D eigenvalue weighted by molar-refractivity contribution is -0.439. The predicted octanol–water partition coefficient (Wildman–Crippen LogP) is 2.06. The van der Waals surface area contributed by atoms with Crippen LogP contribution < -0.4 is 17.0 Å². The number of hydrogen-bond acceptors (Lipinski definition) is 0. The highest BCUT2D eigenvalue weighted by molar-refractivity contribution is 5.93. The van der Waals surface area contributed by atoms with E-state index in [1.54, 1.807) is 0 Å². The van der Waals surface area contributed by atoms with Crippen LogP contribution in [0.15, 0.2) is 24.3 Å². The Morgan fingerprint density at radius 1 is 1.00 bits per heavy atom. The lowest BCUT2D eigenvalue weighted by Crippen LogP contribution is -3.00. The third-order valence-corrected chi connectivity index (χ3v) is 4.66. The van der Waals surface area contributed by atoms with Gasteiger partial charge in [0.1, 0.15) is 6.54 Å². The van der Waals surface area contributed by atoms with E-state index in [1.165, 1.54) is 55.6 Å². The summed E-state index contributed by atoms with van der Waals surface area (Å²) < 4.78 is 2.54. The monoisotopic (exact) mass is 337 g/mol. The van der Waals surface area contributed by atoms with E-state index < -0.39 is 0 Å². The third kappa shape index (κ3) is 3.33. The van der Waals surface area contributed by atoms with Crippen molar-refractivity contribution in [3.05, 3.63) is 29.8 Å². The van der Waals surface area contributed by atoms with Crippen molar-refractivity contribution in [1.29, 1.82) is 0 Å². The second-order valence-corrected chi connectivity index (χ2v) is 6.29. The zero-order valence-electron chi connectivity index (χ0n) is 13.4. The molecule has 0 bridgehead atoms. The van der Waals surface area contributed by atoms with Crippen LogP contribution in [0.1, 0.15) is 65.4 Å². The molecule has 0 amide bonds. The van der Waals surface area contributed by atoms with Crippen molar-refractivity contribution in [2.45, 2.75) is 65.2 Å². The molecule has 0 fully saturated rings. The molecule has 0 aromatic heterocycles. The number of rotatable bonds is 6. The van der Waals surface area contributed by atoms with E-state index in [-0.39, 0.29) is 22.4 Å². The maximum atomic E-state index is 2.54. The Balaban J connectivity index is 0.00000200. The second kappa shape index (κ2) is 7.40. The van der Waals surface area contributed by atoms with Gasteiger partial charge in [-0.15, -0.1) is 0 Å². The summed E-state index contributed by atoms with van der Waals surface area (Å²) in [4.78, 5) is 0. The Bertz CT molecular complexity index is 474. The number of unbranched alkanes of at least 4 members (excludes halogenated alkanes) is 4. The SMILES string of the molecule is CCCCCCC[N+]1=C(C)C(C)(C)c2ccccc21.[Br-]. The van der Waals surface area contributed by atoms with E-state index in [0.29, 0.717) is 0 Å². The van der Waals surface area contributed by atoms with Gasteiger partial charge in [0.2, 0.25) is 5.69 Å². The smallest absolute Gasteiger partial charge is 0.209 e. The first kappa shape index (κ1) is 17.4. The van der Waals surface area contributed by atoms with E-state index in [4.69, 9.17) is 0 Å². The zero-order valence-corrected chi connectivity index (χ0v) is 15.0. The van der Waals surface area contributed by atoms with E-state index in [2.05, 4.69) is 56.5 Å². The Hall–Kier alpha value is -0.630. The van der Waals surface area contributed by atoms with Crippen LogP contribution in [-0.4, -0.2) is 16.8 Å². The van der Waals surface area contributed by atoms with Gasteiger partial charge in [-0.2, -0.15) is 4.58 Å². The Morgan fingerprint density at radius 2 is 1.65 bits per heavy atom. The number of para-hydroxylation sites is 1. The maximum Gasteiger partial charge on any atom is 0.209 e. The number of benzene rings is 1. The van der Waals surface area contributed by atoms with Crippen LogP contribution in [-0.2, 0) is 5.41 Å². The van der Waals surface area contributed by atoms with Crippen molar-refractivity contribution in [2.75, 3.05) is 6.54 Å². The number of fused-ring (bicyclic) bond motifs is 1. The summed E-state index contributed by atoms with van der Waals surface area (Å²) in [5.41, 5.74) is 4.62. The quantitative estimate of drug-likeness (QED) is 0.552. The molecule has 1 aliphatic heterocycles. The fraction of sp³-hybridized carbons (Fsp3) is 0.611. The number of nitrogens with zero attached hydrogens (tertiary/aromatic N) is 1. The molecule has 2 rings (SSSR count). The number of halogens is 1. The average Bonchev–Trinajstić information content (AvgIpc) is 2.60. The summed E-state index contributed by atoms with van der Waals surface area (Å²) in [5, 5.41) is 0. The van der Waals surface area contributed by atoms with Gasteiger partial charge in [0.25, 0.3) is 0 Å². The summed E-state index contributed by atoms with van der Waals surface area (Å²) in [6.07, 6.45) is 6.76. The first-order valence-electron chi connectivity index (χ1n) is 7.80. The van der Waals surface area contributed by atoms with Gasteiger partial charge in [0, 0.05) is 25.0 Å². The highest BCUT2D eigenvalue weighted by Crippen LogP contribution is 2.39. The van der Waals surface area contributed by atoms with Crippen LogP contribution in [0.2, 0.25) is 0 Å². The lowest BCUT2D eigenvalue weighted by atomic mass is 9.82. The molecule has 0 unspecified atom stereocenters. The normalized spacial score (nSPS) is 16.0. The standard InChI is InChI=1S/C18H28N.BrH/c1-5-6-7-8-11-14-19-15(2)18(3,4)16-12-9-10-13-17(16)19;/h9-10,12-13H,5-8,11,14H2,1-4H3;1H/q+1;/p-1. The molecule has 0 N–H and O–H groups in total. The molecule has 1 nitrogen and oxygen atoms in total. The molecule has 2 heteroatoms. The number of hydrogen-bond donors (Lipinski definition) is 0. The molecule has 1 aromatic rings. The maximum absolute atomic E-state index is 2.54. The van der Waals surface area contributed by atoms with Gasteiger partial charge in [-0.3, -0.25) is 0 Å². The third-order valence-electron chi connectivity index (χ3n) is 4.66. The topological polar surface area (TPSA) is 3.01 Å². The van der Waals surface area contributed by atoms with Crippen LogP contribution in [0.3, 0.4) is 0 Å². The average molecular weight is 338 g/mol. The molecule has 0 saturated heterocycles. The molecule has 0 radical (unpaired) electrons. The van der Waals surface area contributed by atoms with E-state index in [0.717, 1.165) is 0 Å². The van der Waals surface area contributed by atoms with E-state index >= 15 is 0 Å². The second-order valence-electron chi connectivity index (χ2n) is 6.29. The highest BCUT2D eigenvalue weighted by Gasteiger charge is 2.42. The molecule has 20 heavy (non-hydrogen) atoms. The van der Waals surface area contributed by atoms with E-state index in [9.17, 15) is 0 Å². The summed E-state index contributed by atoms with van der Waals surface area (Å²) in [7, 11) is 0. The van der Waals surface area contributed by atoms with Gasteiger partial charge >= 0.3 is 0 Å². The van der Waals surface area contributed by atoms with Crippen LogP contribution >= 0.6 is 0 Å². The minimum Gasteiger partial charge on any atom is -1.00 e. The first-order chi connectivity index (χ1) is 9.09. The van der Waals surface area contributed by atoms with Crippen molar-refractivity contribution in [1.82, 2.24) is 0 Å². The van der Waals surface area contributed by atoms with Crippen LogP contribution in [0.5, 0.6) is 0 Å². The molecular formula is C18H28BrN. The van der Waals surface area contributed by atoms with Crippen molar-refractivity contribution in [2.24, 2.45) is 0 Å². The van der Waals surface area contributed by atoms with Gasteiger partial charge < -0.3 is 17.0 Å². The van der Waals surface area contributed by atoms with Crippen molar-refractivity contribution in [3.63, 3.8) is 0 Å². The molecule has 1 heterocycles. The zero-order chi connectivity index (χ0) is 13.9. The molecular weight excluding hydrogens is 310 g/mol. The predicted molar refractivity (Wildman–Crippen MR) is 83.7 cm³/mol. The van der Waals surface area contributed by atoms with Crippen LogP contribution in [0, 0.1) is 0 Å². The van der Waals surface area contributed by atoms with Gasteiger partial charge in [0.05, 0.1) is 5.41 Å². The minimum atomic E-state index is 0. The molecule has 0 atom stereocenters. The Morgan fingerprint density at radius 3 is 2.35 bits per heavy atom. The molecule has 1 aliphatic rings. The molecule has 0 aliphatic carbocycles. The molecule has 112 valence electrons. The van der Waals surface area contributed by atoms with Crippen molar-refractivity contribution < 1.29 is 21.6 Å². The van der Waals surface area contributed by atoms with Crippen LogP contribution in [0.4, 0.5) is 5.69 Å². The highest BCUT2D eigenvalue weighted by atomic mass is 79.9. The lowest BCUT2D eigenvalue weighted by Gasteiger charge is -2.14. The molecule has 0 saturated carbocycles. The Labute approximate surface area is 134 Å². The summed E-state index contributed by atoms with van der Waals surface area (Å²) >= 11 is 0. The van der Waals surface area contributed by atoms with Crippen molar-refractivity contribution >= 4 is 11.4 Å².